The number of ether oxygens (including phenoxy) is 3. The van der Waals surface area contributed by atoms with Gasteiger partial charge in [0.2, 0.25) is 12.7 Å². The summed E-state index contributed by atoms with van der Waals surface area (Å²) in [5, 5.41) is 10.4. The summed E-state index contributed by atoms with van der Waals surface area (Å²) in [5.41, 5.74) is 8.61. The van der Waals surface area contributed by atoms with Gasteiger partial charge in [-0.25, -0.2) is 0 Å². The van der Waals surface area contributed by atoms with Crippen molar-refractivity contribution in [3.8, 4) is 23.3 Å². The number of benzene rings is 2. The van der Waals surface area contributed by atoms with Crippen molar-refractivity contribution in [2.75, 3.05) is 6.79 Å². The molecular formula is C24H18ClN3O4. The van der Waals surface area contributed by atoms with E-state index in [1.165, 1.54) is 0 Å². The van der Waals surface area contributed by atoms with Crippen molar-refractivity contribution in [1.82, 2.24) is 4.57 Å². The van der Waals surface area contributed by atoms with Gasteiger partial charge in [-0.2, -0.15) is 5.26 Å². The van der Waals surface area contributed by atoms with Gasteiger partial charge in [0.15, 0.2) is 11.5 Å². The Kier molecular flexibility index (Phi) is 4.80. The van der Waals surface area contributed by atoms with Gasteiger partial charge in [-0.15, -0.1) is 0 Å². The third-order valence-electron chi connectivity index (χ3n) is 5.65. The highest BCUT2D eigenvalue weighted by molar-refractivity contribution is 6.30. The molecule has 7 nitrogen and oxygen atoms in total. The van der Waals surface area contributed by atoms with E-state index >= 15 is 0 Å². The zero-order chi connectivity index (χ0) is 22.4. The van der Waals surface area contributed by atoms with E-state index in [0.29, 0.717) is 45.6 Å². The predicted molar refractivity (Wildman–Crippen MR) is 118 cm³/mol. The van der Waals surface area contributed by atoms with Crippen LogP contribution in [0.5, 0.6) is 17.2 Å². The number of nitriles is 1. The van der Waals surface area contributed by atoms with Crippen LogP contribution in [0.2, 0.25) is 5.02 Å². The average Bonchev–Trinajstić information content (AvgIpc) is 3.23. The number of halogens is 1. The summed E-state index contributed by atoms with van der Waals surface area (Å²) in [4.78, 5) is 13.7. The summed E-state index contributed by atoms with van der Waals surface area (Å²) in [6.07, 6.45) is 0. The number of rotatable bonds is 3. The number of nitrogens with zero attached hydrogens (tertiary/aromatic N) is 2. The molecule has 2 aromatic carbocycles. The van der Waals surface area contributed by atoms with E-state index in [4.69, 9.17) is 31.5 Å². The van der Waals surface area contributed by atoms with Crippen LogP contribution >= 0.6 is 11.6 Å². The lowest BCUT2D eigenvalue weighted by molar-refractivity contribution is 0.174. The first-order valence-electron chi connectivity index (χ1n) is 9.92. The first kappa shape index (κ1) is 20.0. The summed E-state index contributed by atoms with van der Waals surface area (Å²) >= 11 is 6.12. The van der Waals surface area contributed by atoms with Crippen LogP contribution in [0.25, 0.3) is 0 Å². The third kappa shape index (κ3) is 3.26. The molecule has 3 aromatic rings. The average molecular weight is 448 g/mol. The van der Waals surface area contributed by atoms with E-state index in [9.17, 15) is 10.1 Å². The van der Waals surface area contributed by atoms with E-state index in [-0.39, 0.29) is 23.8 Å². The lowest BCUT2D eigenvalue weighted by atomic mass is 9.84. The molecule has 1 unspecified atom stereocenters. The van der Waals surface area contributed by atoms with E-state index < -0.39 is 5.92 Å². The smallest absolute Gasteiger partial charge is 0.259 e. The Bertz CT molecular complexity index is 1390. The van der Waals surface area contributed by atoms with Gasteiger partial charge >= 0.3 is 0 Å². The largest absolute Gasteiger partial charge is 0.454 e. The molecule has 32 heavy (non-hydrogen) atoms. The molecule has 0 aliphatic carbocycles. The molecule has 0 amide bonds. The molecule has 0 fully saturated rings. The fraction of sp³-hybridized carbons (Fsp3) is 0.167. The highest BCUT2D eigenvalue weighted by Gasteiger charge is 2.35. The monoisotopic (exact) mass is 447 g/mol. The second-order valence-corrected chi connectivity index (χ2v) is 8.06. The van der Waals surface area contributed by atoms with E-state index in [0.717, 1.165) is 5.56 Å². The Hall–Kier alpha value is -3.89. The van der Waals surface area contributed by atoms with E-state index in [1.807, 2.05) is 25.1 Å². The van der Waals surface area contributed by atoms with Crippen LogP contribution in [-0.4, -0.2) is 11.4 Å². The predicted octanol–water partition coefficient (Wildman–Crippen LogP) is 3.81. The van der Waals surface area contributed by atoms with Crippen molar-refractivity contribution in [3.05, 3.63) is 97.7 Å². The maximum Gasteiger partial charge on any atom is 0.259 e. The molecule has 3 heterocycles. The molecule has 0 spiro atoms. The molecular weight excluding hydrogens is 430 g/mol. The van der Waals surface area contributed by atoms with E-state index in [1.54, 1.807) is 34.9 Å². The number of nitrogens with two attached hydrogens (primary N) is 1. The Morgan fingerprint density at radius 3 is 2.75 bits per heavy atom. The van der Waals surface area contributed by atoms with Crippen molar-refractivity contribution in [2.24, 2.45) is 5.73 Å². The molecule has 2 N–H and O–H groups in total. The van der Waals surface area contributed by atoms with Gasteiger partial charge in [-0.3, -0.25) is 4.79 Å². The standard InChI is InChI=1S/C24H18ClN3O4/c1-13-7-20-22(24(29)28(13)11-14-3-2-4-16(25)8-14)21(17(10-26)23(27)32-20)15-5-6-18-19(9-15)31-12-30-18/h2-9,21H,11-12,27H2,1H3. The molecule has 0 bridgehead atoms. The topological polar surface area (TPSA) is 99.5 Å². The number of aryl methyl sites for hydroxylation is 1. The SMILES string of the molecule is Cc1cc2c(c(=O)n1Cc1cccc(Cl)c1)C(c1ccc3c(c1)OCO3)C(C#N)=C(N)O2. The van der Waals surface area contributed by atoms with Crippen LogP contribution in [-0.2, 0) is 6.54 Å². The lowest BCUT2D eigenvalue weighted by Gasteiger charge is -2.27. The van der Waals surface area contributed by atoms with E-state index in [2.05, 4.69) is 6.07 Å². The van der Waals surface area contributed by atoms with Crippen LogP contribution < -0.4 is 25.5 Å². The van der Waals surface area contributed by atoms with Crippen LogP contribution in [0.4, 0.5) is 0 Å². The molecule has 0 radical (unpaired) electrons. The minimum atomic E-state index is -0.697. The fourth-order valence-electron chi connectivity index (χ4n) is 4.13. The van der Waals surface area contributed by atoms with Crippen molar-refractivity contribution >= 4 is 11.6 Å². The number of allylic oxidation sites excluding steroid dienone is 1. The number of pyridine rings is 1. The number of hydrogen-bond acceptors (Lipinski definition) is 6. The summed E-state index contributed by atoms with van der Waals surface area (Å²) in [6, 6.07) is 16.6. The van der Waals surface area contributed by atoms with Gasteiger partial charge in [0, 0.05) is 16.8 Å². The lowest BCUT2D eigenvalue weighted by Crippen LogP contribution is -2.33. The first-order chi connectivity index (χ1) is 15.5. The number of hydrogen-bond donors (Lipinski definition) is 1. The van der Waals surface area contributed by atoms with Crippen LogP contribution in [0.3, 0.4) is 0 Å². The second kappa shape index (κ2) is 7.66. The molecule has 1 aromatic heterocycles. The van der Waals surface area contributed by atoms with Gasteiger partial charge in [-0.1, -0.05) is 29.8 Å². The van der Waals surface area contributed by atoms with Gasteiger partial charge in [-0.05, 0) is 42.3 Å². The van der Waals surface area contributed by atoms with Gasteiger partial charge in [0.1, 0.15) is 17.4 Å². The summed E-state index contributed by atoms with van der Waals surface area (Å²) in [5.74, 6) is 0.788. The maximum absolute atomic E-state index is 13.7. The normalized spacial score (nSPS) is 16.3. The zero-order valence-electron chi connectivity index (χ0n) is 17.1. The quantitative estimate of drug-likeness (QED) is 0.655. The molecule has 0 saturated carbocycles. The number of aromatic nitrogens is 1. The molecule has 160 valence electrons. The zero-order valence-corrected chi connectivity index (χ0v) is 17.8. The van der Waals surface area contributed by atoms with Gasteiger partial charge < -0.3 is 24.5 Å². The highest BCUT2D eigenvalue weighted by atomic mass is 35.5. The van der Waals surface area contributed by atoms with Crippen LogP contribution in [0.1, 0.15) is 28.3 Å². The Morgan fingerprint density at radius 2 is 1.97 bits per heavy atom. The summed E-state index contributed by atoms with van der Waals surface area (Å²) in [6.45, 7) is 2.27. The van der Waals surface area contributed by atoms with Crippen molar-refractivity contribution in [1.29, 1.82) is 5.26 Å². The highest BCUT2D eigenvalue weighted by Crippen LogP contribution is 2.43. The molecule has 0 saturated heterocycles. The summed E-state index contributed by atoms with van der Waals surface area (Å²) < 4.78 is 18.2. The molecule has 2 aliphatic rings. The Balaban J connectivity index is 1.69. The Labute approximate surface area is 188 Å². The van der Waals surface area contributed by atoms with Crippen molar-refractivity contribution in [2.45, 2.75) is 19.4 Å². The fourth-order valence-corrected chi connectivity index (χ4v) is 4.34. The minimum absolute atomic E-state index is 0.0194. The van der Waals surface area contributed by atoms with Crippen molar-refractivity contribution < 1.29 is 14.2 Å². The summed E-state index contributed by atoms with van der Waals surface area (Å²) in [7, 11) is 0. The molecule has 8 heteroatoms. The number of fused-ring (bicyclic) bond motifs is 2. The molecule has 1 atom stereocenters. The maximum atomic E-state index is 13.7. The van der Waals surface area contributed by atoms with Crippen LogP contribution in [0, 0.1) is 18.3 Å². The van der Waals surface area contributed by atoms with Gasteiger partial charge in [0.25, 0.3) is 5.56 Å². The molecule has 5 rings (SSSR count). The van der Waals surface area contributed by atoms with Crippen LogP contribution in [0.15, 0.2) is 64.8 Å². The second-order valence-electron chi connectivity index (χ2n) is 7.62. The molecule has 2 aliphatic heterocycles. The van der Waals surface area contributed by atoms with Gasteiger partial charge in [0.05, 0.1) is 18.0 Å². The minimum Gasteiger partial charge on any atom is -0.454 e. The van der Waals surface area contributed by atoms with Crippen molar-refractivity contribution in [3.63, 3.8) is 0 Å². The third-order valence-corrected chi connectivity index (χ3v) is 5.88. The first-order valence-corrected chi connectivity index (χ1v) is 10.3. The Morgan fingerprint density at radius 1 is 1.16 bits per heavy atom.